The summed E-state index contributed by atoms with van der Waals surface area (Å²) in [7, 11) is 0. The molecule has 130 valence electrons. The van der Waals surface area contributed by atoms with Crippen LogP contribution in [-0.4, -0.2) is 38.1 Å². The highest BCUT2D eigenvalue weighted by Crippen LogP contribution is 2.30. The molecule has 0 saturated heterocycles. The van der Waals surface area contributed by atoms with Crippen LogP contribution in [0.25, 0.3) is 21.3 Å². The molecule has 3 aromatic rings. The lowest BCUT2D eigenvalue weighted by molar-refractivity contribution is -0.142. The van der Waals surface area contributed by atoms with E-state index in [0.717, 1.165) is 27.0 Å². The standard InChI is InChI=1S/C17H18N4O2S2/c1-11-5-4-6-13(7-11)16-18-19-17(25-16)14-8-12(2)20-21(14)9-15(22)23-10-24-3/h4-8H,9-10H2,1-3H3. The van der Waals surface area contributed by atoms with Gasteiger partial charge in [-0.15, -0.1) is 22.0 Å². The molecule has 25 heavy (non-hydrogen) atoms. The Morgan fingerprint density at radius 2 is 2.04 bits per heavy atom. The predicted molar refractivity (Wildman–Crippen MR) is 101 cm³/mol. The lowest BCUT2D eigenvalue weighted by Crippen LogP contribution is -2.15. The molecule has 0 unspecified atom stereocenters. The van der Waals surface area contributed by atoms with Gasteiger partial charge in [-0.2, -0.15) is 5.10 Å². The number of aromatic nitrogens is 4. The first-order valence-electron chi connectivity index (χ1n) is 7.67. The highest BCUT2D eigenvalue weighted by Gasteiger charge is 2.16. The second-order valence-corrected chi connectivity index (χ2v) is 7.32. The average molecular weight is 374 g/mol. The first kappa shape index (κ1) is 17.6. The largest absolute Gasteiger partial charge is 0.453 e. The van der Waals surface area contributed by atoms with Crippen molar-refractivity contribution < 1.29 is 9.53 Å². The molecule has 0 radical (unpaired) electrons. The summed E-state index contributed by atoms with van der Waals surface area (Å²) in [4.78, 5) is 11.9. The smallest absolute Gasteiger partial charge is 0.328 e. The average Bonchev–Trinajstić information content (AvgIpc) is 3.19. The van der Waals surface area contributed by atoms with Gasteiger partial charge < -0.3 is 4.74 Å². The number of carbonyl (C=O) groups is 1. The Balaban J connectivity index is 1.86. The summed E-state index contributed by atoms with van der Waals surface area (Å²) in [6.07, 6.45) is 1.88. The van der Waals surface area contributed by atoms with Crippen molar-refractivity contribution in [3.63, 3.8) is 0 Å². The number of carbonyl (C=O) groups excluding carboxylic acids is 1. The van der Waals surface area contributed by atoms with E-state index in [1.807, 2.05) is 44.4 Å². The van der Waals surface area contributed by atoms with E-state index < -0.39 is 0 Å². The molecule has 1 aromatic carbocycles. The van der Waals surface area contributed by atoms with Gasteiger partial charge in [-0.05, 0) is 32.2 Å². The molecule has 0 amide bonds. The summed E-state index contributed by atoms with van der Waals surface area (Å²) in [5, 5.41) is 14.5. The van der Waals surface area contributed by atoms with E-state index in [4.69, 9.17) is 4.74 Å². The minimum Gasteiger partial charge on any atom is -0.453 e. The predicted octanol–water partition coefficient (Wildman–Crippen LogP) is 3.55. The second kappa shape index (κ2) is 7.79. The lowest BCUT2D eigenvalue weighted by atomic mass is 10.1. The molecule has 0 bridgehead atoms. The molecular formula is C17H18N4O2S2. The summed E-state index contributed by atoms with van der Waals surface area (Å²) in [5.74, 6) is 0.0205. The second-order valence-electron chi connectivity index (χ2n) is 5.53. The summed E-state index contributed by atoms with van der Waals surface area (Å²) in [6.45, 7) is 3.99. The Morgan fingerprint density at radius 3 is 2.80 bits per heavy atom. The molecule has 6 nitrogen and oxygen atoms in total. The third-order valence-corrected chi connectivity index (χ3v) is 4.78. The first-order valence-corrected chi connectivity index (χ1v) is 9.88. The minimum atomic E-state index is -0.317. The number of aryl methyl sites for hydroxylation is 2. The number of thioether (sulfide) groups is 1. The van der Waals surface area contributed by atoms with Gasteiger partial charge in [0, 0.05) is 5.56 Å². The molecule has 2 aromatic heterocycles. The molecular weight excluding hydrogens is 356 g/mol. The highest BCUT2D eigenvalue weighted by molar-refractivity contribution is 7.98. The van der Waals surface area contributed by atoms with Crippen LogP contribution in [0.2, 0.25) is 0 Å². The molecule has 8 heteroatoms. The molecule has 0 aliphatic heterocycles. The Hall–Kier alpha value is -2.19. The van der Waals surface area contributed by atoms with Gasteiger partial charge in [-0.1, -0.05) is 35.1 Å². The molecule has 0 atom stereocenters. The molecule has 0 fully saturated rings. The van der Waals surface area contributed by atoms with Crippen LogP contribution in [0.3, 0.4) is 0 Å². The Morgan fingerprint density at radius 1 is 1.24 bits per heavy atom. The monoisotopic (exact) mass is 374 g/mol. The summed E-state index contributed by atoms with van der Waals surface area (Å²) in [6, 6.07) is 10.0. The van der Waals surface area contributed by atoms with Gasteiger partial charge in [0.05, 0.1) is 11.4 Å². The van der Waals surface area contributed by atoms with Crippen LogP contribution >= 0.6 is 23.1 Å². The minimum absolute atomic E-state index is 0.0586. The van der Waals surface area contributed by atoms with Gasteiger partial charge in [-0.25, -0.2) is 0 Å². The van der Waals surface area contributed by atoms with Crippen molar-refractivity contribution >= 4 is 29.1 Å². The third kappa shape index (κ3) is 4.26. The zero-order valence-corrected chi connectivity index (χ0v) is 15.9. The van der Waals surface area contributed by atoms with Crippen molar-refractivity contribution in [1.29, 1.82) is 0 Å². The molecule has 0 N–H and O–H groups in total. The van der Waals surface area contributed by atoms with Gasteiger partial charge in [0.2, 0.25) is 0 Å². The summed E-state index contributed by atoms with van der Waals surface area (Å²) >= 11 is 2.94. The number of ether oxygens (including phenoxy) is 1. The SMILES string of the molecule is CSCOC(=O)Cn1nc(C)cc1-c1nnc(-c2cccc(C)c2)s1. The zero-order chi connectivity index (χ0) is 17.8. The molecule has 0 aliphatic carbocycles. The number of hydrogen-bond acceptors (Lipinski definition) is 7. The third-order valence-electron chi connectivity index (χ3n) is 3.43. The van der Waals surface area contributed by atoms with Crippen LogP contribution in [0.4, 0.5) is 0 Å². The molecule has 3 rings (SSSR count). The molecule has 0 aliphatic rings. The number of hydrogen-bond donors (Lipinski definition) is 0. The van der Waals surface area contributed by atoms with E-state index in [0.29, 0.717) is 5.94 Å². The topological polar surface area (TPSA) is 69.9 Å². The van der Waals surface area contributed by atoms with Gasteiger partial charge >= 0.3 is 5.97 Å². The van der Waals surface area contributed by atoms with Crippen LogP contribution in [-0.2, 0) is 16.1 Å². The van der Waals surface area contributed by atoms with Crippen molar-refractivity contribution in [3.05, 3.63) is 41.6 Å². The number of rotatable bonds is 6. The Labute approximate surface area is 154 Å². The van der Waals surface area contributed by atoms with Gasteiger partial charge in [0.1, 0.15) is 17.5 Å². The fourth-order valence-corrected chi connectivity index (χ4v) is 3.46. The number of esters is 1. The maximum absolute atomic E-state index is 11.9. The Kier molecular flexibility index (Phi) is 5.50. The van der Waals surface area contributed by atoms with Crippen molar-refractivity contribution in [1.82, 2.24) is 20.0 Å². The number of nitrogens with zero attached hydrogens (tertiary/aromatic N) is 4. The van der Waals surface area contributed by atoms with Crippen LogP contribution < -0.4 is 0 Å². The van der Waals surface area contributed by atoms with Gasteiger partial charge in [-0.3, -0.25) is 9.48 Å². The van der Waals surface area contributed by atoms with E-state index in [1.54, 1.807) is 4.68 Å². The van der Waals surface area contributed by atoms with Gasteiger partial charge in [0.15, 0.2) is 5.01 Å². The maximum Gasteiger partial charge on any atom is 0.328 e. The lowest BCUT2D eigenvalue weighted by Gasteiger charge is -2.05. The molecule has 0 spiro atoms. The highest BCUT2D eigenvalue weighted by atomic mass is 32.2. The zero-order valence-electron chi connectivity index (χ0n) is 14.2. The van der Waals surface area contributed by atoms with Crippen LogP contribution in [0.5, 0.6) is 0 Å². The fraction of sp³-hybridized carbons (Fsp3) is 0.294. The van der Waals surface area contributed by atoms with Crippen molar-refractivity contribution in [2.24, 2.45) is 0 Å². The quantitative estimate of drug-likeness (QED) is 0.485. The van der Waals surface area contributed by atoms with E-state index >= 15 is 0 Å². The van der Waals surface area contributed by atoms with Crippen molar-refractivity contribution in [2.75, 3.05) is 12.2 Å². The normalized spacial score (nSPS) is 10.8. The van der Waals surface area contributed by atoms with E-state index in [9.17, 15) is 4.79 Å². The van der Waals surface area contributed by atoms with Crippen molar-refractivity contribution in [2.45, 2.75) is 20.4 Å². The van der Waals surface area contributed by atoms with E-state index in [1.165, 1.54) is 28.7 Å². The van der Waals surface area contributed by atoms with Crippen LogP contribution in [0.1, 0.15) is 11.3 Å². The maximum atomic E-state index is 11.9. The van der Waals surface area contributed by atoms with Crippen LogP contribution in [0, 0.1) is 13.8 Å². The first-order chi connectivity index (χ1) is 12.1. The Bertz CT molecular complexity index is 888. The fourth-order valence-electron chi connectivity index (χ4n) is 2.35. The molecule has 2 heterocycles. The molecule has 0 saturated carbocycles. The van der Waals surface area contributed by atoms with Gasteiger partial charge in [0.25, 0.3) is 0 Å². The van der Waals surface area contributed by atoms with E-state index in [2.05, 4.69) is 21.4 Å². The summed E-state index contributed by atoms with van der Waals surface area (Å²) < 4.78 is 6.74. The van der Waals surface area contributed by atoms with E-state index in [-0.39, 0.29) is 12.5 Å². The van der Waals surface area contributed by atoms with Crippen LogP contribution in [0.15, 0.2) is 30.3 Å². The summed E-state index contributed by atoms with van der Waals surface area (Å²) in [5.41, 5.74) is 3.80. The number of benzene rings is 1. The van der Waals surface area contributed by atoms with Crippen molar-refractivity contribution in [3.8, 4) is 21.3 Å².